The summed E-state index contributed by atoms with van der Waals surface area (Å²) in [5.41, 5.74) is 6.72. The highest BCUT2D eigenvalue weighted by Crippen LogP contribution is 2.44. The summed E-state index contributed by atoms with van der Waals surface area (Å²) in [6.07, 6.45) is 20.3. The van der Waals surface area contributed by atoms with E-state index in [0.717, 1.165) is 19.3 Å². The highest BCUT2D eigenvalue weighted by molar-refractivity contribution is 6.20. The SMILES string of the molecule is CC(/C=C\C(=C1\C=CCCC1)c1c2ccccc2c(-c2ccc3ccccc3c2)c2ccccc12)C1C=NC=CC1. The molecule has 1 heterocycles. The smallest absolute Gasteiger partial charge is 0.0224 e. The predicted molar refractivity (Wildman–Crippen MR) is 178 cm³/mol. The zero-order valence-corrected chi connectivity index (χ0v) is 23.6. The zero-order chi connectivity index (χ0) is 27.6. The third-order valence-electron chi connectivity index (χ3n) is 8.84. The average molecular weight is 530 g/mol. The maximum absolute atomic E-state index is 4.43. The monoisotopic (exact) mass is 529 g/mol. The first-order valence-corrected chi connectivity index (χ1v) is 15.0. The molecule has 0 N–H and O–H groups in total. The largest absolute Gasteiger partial charge is 0.269 e. The number of allylic oxidation sites excluding steroid dienone is 7. The second kappa shape index (κ2) is 11.2. The Balaban J connectivity index is 1.49. The van der Waals surface area contributed by atoms with Gasteiger partial charge in [-0.25, -0.2) is 0 Å². The summed E-state index contributed by atoms with van der Waals surface area (Å²) in [6.45, 7) is 2.32. The first kappa shape index (κ1) is 25.5. The molecule has 7 rings (SSSR count). The van der Waals surface area contributed by atoms with Crippen molar-refractivity contribution in [3.05, 3.63) is 139 Å². The van der Waals surface area contributed by atoms with E-state index in [0.29, 0.717) is 11.8 Å². The lowest BCUT2D eigenvalue weighted by Gasteiger charge is -2.22. The summed E-state index contributed by atoms with van der Waals surface area (Å²) >= 11 is 0. The molecule has 0 saturated carbocycles. The van der Waals surface area contributed by atoms with Crippen LogP contribution in [0.5, 0.6) is 0 Å². The lowest BCUT2D eigenvalue weighted by atomic mass is 9.82. The highest BCUT2D eigenvalue weighted by Gasteiger charge is 2.20. The molecule has 0 fully saturated rings. The molecular weight excluding hydrogens is 494 g/mol. The van der Waals surface area contributed by atoms with Crippen molar-refractivity contribution in [1.82, 2.24) is 0 Å². The van der Waals surface area contributed by atoms with Crippen LogP contribution in [0.25, 0.3) is 49.0 Å². The summed E-state index contributed by atoms with van der Waals surface area (Å²) < 4.78 is 0. The number of fused-ring (bicyclic) bond motifs is 3. The van der Waals surface area contributed by atoms with Crippen molar-refractivity contribution in [3.8, 4) is 11.1 Å². The predicted octanol–water partition coefficient (Wildman–Crippen LogP) is 11.1. The summed E-state index contributed by atoms with van der Waals surface area (Å²) in [7, 11) is 0. The average Bonchev–Trinajstić information content (AvgIpc) is 3.05. The quantitative estimate of drug-likeness (QED) is 0.201. The van der Waals surface area contributed by atoms with E-state index in [1.165, 1.54) is 66.6 Å². The Bertz CT molecular complexity index is 1860. The fourth-order valence-corrected chi connectivity index (χ4v) is 6.61. The number of aliphatic imine (C=N–C) groups is 1. The van der Waals surface area contributed by atoms with Gasteiger partial charge < -0.3 is 0 Å². The summed E-state index contributed by atoms with van der Waals surface area (Å²) in [6, 6.07) is 33.6. The second-order valence-electron chi connectivity index (χ2n) is 11.4. The molecule has 0 bridgehead atoms. The molecule has 0 aromatic heterocycles. The molecule has 1 heteroatoms. The van der Waals surface area contributed by atoms with Crippen LogP contribution >= 0.6 is 0 Å². The van der Waals surface area contributed by atoms with Crippen molar-refractivity contribution < 1.29 is 0 Å². The molecule has 2 unspecified atom stereocenters. The number of nitrogens with zero attached hydrogens (tertiary/aromatic N) is 1. The van der Waals surface area contributed by atoms with Crippen LogP contribution in [0.2, 0.25) is 0 Å². The van der Waals surface area contributed by atoms with Gasteiger partial charge in [0.15, 0.2) is 0 Å². The molecule has 2 atom stereocenters. The molecule has 1 nitrogen and oxygen atoms in total. The Morgan fingerprint density at radius 2 is 1.51 bits per heavy atom. The summed E-state index contributed by atoms with van der Waals surface area (Å²) in [5, 5.41) is 7.79. The molecule has 41 heavy (non-hydrogen) atoms. The van der Waals surface area contributed by atoms with Gasteiger partial charge in [0.05, 0.1) is 0 Å². The molecule has 0 saturated heterocycles. The van der Waals surface area contributed by atoms with Crippen molar-refractivity contribution in [3.63, 3.8) is 0 Å². The zero-order valence-electron chi connectivity index (χ0n) is 23.6. The van der Waals surface area contributed by atoms with Crippen LogP contribution in [0.3, 0.4) is 0 Å². The van der Waals surface area contributed by atoms with E-state index < -0.39 is 0 Å². The van der Waals surface area contributed by atoms with E-state index in [1.54, 1.807) is 0 Å². The van der Waals surface area contributed by atoms with Crippen molar-refractivity contribution in [2.24, 2.45) is 16.8 Å². The Labute approximate surface area is 242 Å². The molecule has 200 valence electrons. The van der Waals surface area contributed by atoms with E-state index in [1.807, 2.05) is 6.20 Å². The molecule has 0 radical (unpaired) electrons. The highest BCUT2D eigenvalue weighted by atomic mass is 14.7. The lowest BCUT2D eigenvalue weighted by molar-refractivity contribution is 0.554. The molecule has 5 aromatic carbocycles. The summed E-state index contributed by atoms with van der Waals surface area (Å²) in [5.74, 6) is 0.842. The molecule has 1 aliphatic heterocycles. The van der Waals surface area contributed by atoms with Crippen LogP contribution in [0.4, 0.5) is 0 Å². The topological polar surface area (TPSA) is 12.4 Å². The third-order valence-corrected chi connectivity index (χ3v) is 8.84. The van der Waals surface area contributed by atoms with Crippen molar-refractivity contribution in [2.45, 2.75) is 32.6 Å². The maximum atomic E-state index is 4.43. The fourth-order valence-electron chi connectivity index (χ4n) is 6.61. The number of hydrogen-bond donors (Lipinski definition) is 0. The Kier molecular flexibility index (Phi) is 6.95. The van der Waals surface area contributed by atoms with E-state index in [-0.39, 0.29) is 0 Å². The minimum atomic E-state index is 0.404. The van der Waals surface area contributed by atoms with Crippen LogP contribution in [0.1, 0.15) is 38.2 Å². The van der Waals surface area contributed by atoms with E-state index in [9.17, 15) is 0 Å². The maximum Gasteiger partial charge on any atom is 0.0224 e. The van der Waals surface area contributed by atoms with Gasteiger partial charge in [-0.2, -0.15) is 0 Å². The van der Waals surface area contributed by atoms with Gasteiger partial charge in [0.1, 0.15) is 0 Å². The fraction of sp³-hybridized carbons (Fsp3) is 0.175. The van der Waals surface area contributed by atoms with E-state index in [2.05, 4.69) is 140 Å². The first-order chi connectivity index (χ1) is 20.3. The van der Waals surface area contributed by atoms with Gasteiger partial charge in [-0.3, -0.25) is 4.99 Å². The van der Waals surface area contributed by atoms with Crippen molar-refractivity contribution in [2.75, 3.05) is 0 Å². The van der Waals surface area contributed by atoms with Gasteiger partial charge in [-0.1, -0.05) is 122 Å². The first-order valence-electron chi connectivity index (χ1n) is 15.0. The van der Waals surface area contributed by atoms with Crippen molar-refractivity contribution >= 4 is 44.1 Å². The van der Waals surface area contributed by atoms with E-state index >= 15 is 0 Å². The minimum Gasteiger partial charge on any atom is -0.269 e. The van der Waals surface area contributed by atoms with Gasteiger partial charge in [0.25, 0.3) is 0 Å². The Morgan fingerprint density at radius 1 is 0.805 bits per heavy atom. The molecular formula is C40H35N. The van der Waals surface area contributed by atoms with Gasteiger partial charge in [-0.05, 0) is 97.8 Å². The molecule has 5 aromatic rings. The van der Waals surface area contributed by atoms with Crippen LogP contribution in [-0.4, -0.2) is 6.21 Å². The number of hydrogen-bond acceptors (Lipinski definition) is 1. The summed E-state index contributed by atoms with van der Waals surface area (Å²) in [4.78, 5) is 4.43. The van der Waals surface area contributed by atoms with E-state index in [4.69, 9.17) is 0 Å². The van der Waals surface area contributed by atoms with Gasteiger partial charge >= 0.3 is 0 Å². The Hall–Kier alpha value is -4.49. The molecule has 0 spiro atoms. The van der Waals surface area contributed by atoms with Crippen molar-refractivity contribution in [1.29, 1.82) is 0 Å². The van der Waals surface area contributed by atoms with Crippen LogP contribution < -0.4 is 0 Å². The van der Waals surface area contributed by atoms with Crippen LogP contribution in [0.15, 0.2) is 138 Å². The second-order valence-corrected chi connectivity index (χ2v) is 11.4. The Morgan fingerprint density at radius 3 is 2.20 bits per heavy atom. The minimum absolute atomic E-state index is 0.404. The number of rotatable bonds is 5. The number of benzene rings is 5. The standard InChI is InChI=1S/C40H35N/c1-28(33-16-11-25-41-27-33)21-24-34(30-13-3-2-4-14-30)40-37-19-9-7-17-35(37)39(36-18-8-10-20-38(36)40)32-23-22-29-12-5-6-15-31(29)26-32/h3,5-13,15,17-28,33H,2,4,14,16H2,1H3/b24-21-,34-30+. The van der Waals surface area contributed by atoms with Gasteiger partial charge in [0.2, 0.25) is 0 Å². The molecule has 1 aliphatic carbocycles. The normalized spacial score (nSPS) is 19.0. The van der Waals surface area contributed by atoms with Crippen LogP contribution in [-0.2, 0) is 0 Å². The third kappa shape index (κ3) is 4.87. The molecule has 0 amide bonds. The molecule has 2 aliphatic rings. The van der Waals surface area contributed by atoms with Gasteiger partial charge in [-0.15, -0.1) is 0 Å². The lowest BCUT2D eigenvalue weighted by Crippen LogP contribution is -2.12. The van der Waals surface area contributed by atoms with Crippen LogP contribution in [0, 0.1) is 11.8 Å². The van der Waals surface area contributed by atoms with Gasteiger partial charge in [0, 0.05) is 18.3 Å².